The van der Waals surface area contributed by atoms with Crippen LogP contribution in [0, 0.1) is 5.92 Å². The fourth-order valence-corrected chi connectivity index (χ4v) is 4.23. The van der Waals surface area contributed by atoms with Gasteiger partial charge >= 0.3 is 0 Å². The van der Waals surface area contributed by atoms with Crippen LogP contribution in [-0.2, 0) is 9.59 Å². The maximum absolute atomic E-state index is 12.7. The number of nitrogens with zero attached hydrogens (tertiary/aromatic N) is 3. The lowest BCUT2D eigenvalue weighted by Crippen LogP contribution is -2.48. The summed E-state index contributed by atoms with van der Waals surface area (Å²) in [5.74, 6) is 1.04. The Morgan fingerprint density at radius 3 is 2.83 bits per heavy atom. The molecular formula is C16H25N5O2S. The van der Waals surface area contributed by atoms with Gasteiger partial charge in [-0.05, 0) is 25.7 Å². The number of thioether (sulfide) groups is 1. The van der Waals surface area contributed by atoms with Gasteiger partial charge in [-0.25, -0.2) is 4.98 Å². The topological polar surface area (TPSA) is 91.0 Å². The summed E-state index contributed by atoms with van der Waals surface area (Å²) in [4.78, 5) is 31.0. The standard InChI is InChI=1S/C16H25N5O2S/c22-14(17-8-10-24-16-18-11-19-20-16)13-7-4-9-21(13)15(23)12-5-2-1-3-6-12/h11-13H,1-10H2,(H,17,22)(H,18,19,20)/t13-/m1/s1. The average molecular weight is 351 g/mol. The van der Waals surface area contributed by atoms with Gasteiger partial charge in [0.05, 0.1) is 0 Å². The highest BCUT2D eigenvalue weighted by atomic mass is 32.2. The minimum Gasteiger partial charge on any atom is -0.353 e. The van der Waals surface area contributed by atoms with E-state index in [4.69, 9.17) is 0 Å². The average Bonchev–Trinajstić information content (AvgIpc) is 3.30. The second-order valence-electron chi connectivity index (χ2n) is 6.45. The van der Waals surface area contributed by atoms with Crippen LogP contribution in [0.1, 0.15) is 44.9 Å². The molecule has 2 fully saturated rings. The van der Waals surface area contributed by atoms with Crippen molar-refractivity contribution in [3.05, 3.63) is 6.33 Å². The Morgan fingerprint density at radius 1 is 1.25 bits per heavy atom. The van der Waals surface area contributed by atoms with Crippen LogP contribution in [0.4, 0.5) is 0 Å². The predicted octanol–water partition coefficient (Wildman–Crippen LogP) is 1.58. The minimum atomic E-state index is -0.283. The molecule has 8 heteroatoms. The van der Waals surface area contributed by atoms with Gasteiger partial charge in [0.2, 0.25) is 11.8 Å². The van der Waals surface area contributed by atoms with Crippen molar-refractivity contribution in [1.29, 1.82) is 0 Å². The lowest BCUT2D eigenvalue weighted by molar-refractivity contribution is -0.142. The third-order valence-electron chi connectivity index (χ3n) is 4.83. The molecule has 1 saturated carbocycles. The van der Waals surface area contributed by atoms with Crippen LogP contribution in [0.15, 0.2) is 11.5 Å². The van der Waals surface area contributed by atoms with Gasteiger partial charge in [0.1, 0.15) is 12.4 Å². The summed E-state index contributed by atoms with van der Waals surface area (Å²) in [5.41, 5.74) is 0. The maximum Gasteiger partial charge on any atom is 0.242 e. The molecule has 2 heterocycles. The van der Waals surface area contributed by atoms with E-state index in [1.54, 1.807) is 0 Å². The number of carbonyl (C=O) groups excluding carboxylic acids is 2. The summed E-state index contributed by atoms with van der Waals surface area (Å²) in [7, 11) is 0. The Balaban J connectivity index is 1.45. The highest BCUT2D eigenvalue weighted by Crippen LogP contribution is 2.28. The molecule has 1 aromatic heterocycles. The zero-order valence-electron chi connectivity index (χ0n) is 13.9. The number of hydrogen-bond acceptors (Lipinski definition) is 5. The molecule has 1 atom stereocenters. The normalized spacial score (nSPS) is 21.8. The van der Waals surface area contributed by atoms with E-state index in [0.29, 0.717) is 6.54 Å². The van der Waals surface area contributed by atoms with Crippen molar-refractivity contribution in [1.82, 2.24) is 25.4 Å². The maximum atomic E-state index is 12.7. The first-order valence-corrected chi connectivity index (χ1v) is 9.80. The minimum absolute atomic E-state index is 0.0187. The Bertz CT molecular complexity index is 545. The summed E-state index contributed by atoms with van der Waals surface area (Å²) in [6, 6.07) is -0.283. The molecule has 0 aromatic carbocycles. The molecule has 2 N–H and O–H groups in total. The Kier molecular flexibility index (Phi) is 6.12. The van der Waals surface area contributed by atoms with E-state index >= 15 is 0 Å². The predicted molar refractivity (Wildman–Crippen MR) is 91.4 cm³/mol. The van der Waals surface area contributed by atoms with Crippen LogP contribution in [0.3, 0.4) is 0 Å². The van der Waals surface area contributed by atoms with Crippen molar-refractivity contribution < 1.29 is 9.59 Å². The number of aromatic amines is 1. The highest BCUT2D eigenvalue weighted by Gasteiger charge is 2.37. The van der Waals surface area contributed by atoms with Crippen molar-refractivity contribution >= 4 is 23.6 Å². The molecule has 132 valence electrons. The zero-order chi connectivity index (χ0) is 16.8. The Hall–Kier alpha value is -1.57. The van der Waals surface area contributed by atoms with Gasteiger partial charge in [0.25, 0.3) is 0 Å². The molecule has 1 aliphatic heterocycles. The van der Waals surface area contributed by atoms with E-state index in [2.05, 4.69) is 20.5 Å². The number of nitrogens with one attached hydrogen (secondary N) is 2. The SMILES string of the molecule is O=C(NCCSc1ncn[nH]1)[C@H]1CCCN1C(=O)C1CCCCC1. The highest BCUT2D eigenvalue weighted by molar-refractivity contribution is 7.99. The molecule has 3 rings (SSSR count). The molecule has 2 aliphatic rings. The third-order valence-corrected chi connectivity index (χ3v) is 5.70. The summed E-state index contributed by atoms with van der Waals surface area (Å²) in [6.45, 7) is 1.28. The molecule has 1 saturated heterocycles. The quantitative estimate of drug-likeness (QED) is 0.600. The van der Waals surface area contributed by atoms with Crippen LogP contribution in [0.5, 0.6) is 0 Å². The van der Waals surface area contributed by atoms with Crippen LogP contribution >= 0.6 is 11.8 Å². The van der Waals surface area contributed by atoms with Crippen molar-refractivity contribution in [2.75, 3.05) is 18.8 Å². The van der Waals surface area contributed by atoms with E-state index in [1.807, 2.05) is 4.90 Å². The van der Waals surface area contributed by atoms with Crippen molar-refractivity contribution in [3.63, 3.8) is 0 Å². The van der Waals surface area contributed by atoms with Gasteiger partial charge in [0, 0.05) is 24.8 Å². The first-order chi connectivity index (χ1) is 11.8. The van der Waals surface area contributed by atoms with Crippen LogP contribution in [0.2, 0.25) is 0 Å². The zero-order valence-corrected chi connectivity index (χ0v) is 14.7. The van der Waals surface area contributed by atoms with Gasteiger partial charge in [-0.15, -0.1) is 0 Å². The second kappa shape index (κ2) is 8.50. The fourth-order valence-electron chi connectivity index (χ4n) is 3.59. The van der Waals surface area contributed by atoms with Gasteiger partial charge in [-0.1, -0.05) is 31.0 Å². The van der Waals surface area contributed by atoms with Gasteiger partial charge in [-0.3, -0.25) is 14.7 Å². The number of aromatic nitrogens is 3. The van der Waals surface area contributed by atoms with E-state index in [0.717, 1.165) is 56.0 Å². The molecule has 0 radical (unpaired) electrons. The van der Waals surface area contributed by atoms with E-state index < -0.39 is 0 Å². The number of H-pyrrole nitrogens is 1. The molecule has 7 nitrogen and oxygen atoms in total. The fraction of sp³-hybridized carbons (Fsp3) is 0.750. The third kappa shape index (κ3) is 4.28. The molecule has 24 heavy (non-hydrogen) atoms. The van der Waals surface area contributed by atoms with Gasteiger partial charge in [0.15, 0.2) is 5.16 Å². The van der Waals surface area contributed by atoms with Gasteiger partial charge in [-0.2, -0.15) is 5.10 Å². The number of rotatable bonds is 6. The van der Waals surface area contributed by atoms with E-state index in [9.17, 15) is 9.59 Å². The van der Waals surface area contributed by atoms with Crippen LogP contribution < -0.4 is 5.32 Å². The number of carbonyl (C=O) groups is 2. The largest absolute Gasteiger partial charge is 0.353 e. The van der Waals surface area contributed by atoms with Crippen LogP contribution in [0.25, 0.3) is 0 Å². The smallest absolute Gasteiger partial charge is 0.242 e. The second-order valence-corrected chi connectivity index (χ2v) is 7.54. The summed E-state index contributed by atoms with van der Waals surface area (Å²) in [5, 5.41) is 10.3. The van der Waals surface area contributed by atoms with Crippen LogP contribution in [-0.4, -0.2) is 56.8 Å². The lowest BCUT2D eigenvalue weighted by atomic mass is 9.88. The molecule has 1 aliphatic carbocycles. The monoisotopic (exact) mass is 351 g/mol. The van der Waals surface area contributed by atoms with Gasteiger partial charge < -0.3 is 10.2 Å². The number of amides is 2. The summed E-state index contributed by atoms with van der Waals surface area (Å²) in [6.07, 6.45) is 8.64. The molecule has 1 aromatic rings. The molecule has 0 spiro atoms. The van der Waals surface area contributed by atoms with Crippen molar-refractivity contribution in [3.8, 4) is 0 Å². The first-order valence-electron chi connectivity index (χ1n) is 8.82. The number of hydrogen-bond donors (Lipinski definition) is 2. The molecule has 0 unspecified atom stereocenters. The first kappa shape index (κ1) is 17.3. The molecular weight excluding hydrogens is 326 g/mol. The molecule has 0 bridgehead atoms. The summed E-state index contributed by atoms with van der Waals surface area (Å²) >= 11 is 1.52. The molecule has 2 amide bonds. The van der Waals surface area contributed by atoms with Crippen molar-refractivity contribution in [2.24, 2.45) is 5.92 Å². The van der Waals surface area contributed by atoms with E-state index in [1.165, 1.54) is 24.5 Å². The number of likely N-dealkylation sites (tertiary alicyclic amines) is 1. The van der Waals surface area contributed by atoms with Crippen molar-refractivity contribution in [2.45, 2.75) is 56.1 Å². The lowest BCUT2D eigenvalue weighted by Gasteiger charge is -2.30. The Labute approximate surface area is 146 Å². The Morgan fingerprint density at radius 2 is 2.08 bits per heavy atom. The van der Waals surface area contributed by atoms with E-state index in [-0.39, 0.29) is 23.8 Å². The summed E-state index contributed by atoms with van der Waals surface area (Å²) < 4.78 is 0.